The molecule has 3 rings (SSSR count). The Morgan fingerprint density at radius 1 is 1.07 bits per heavy atom. The molecule has 3 N–H and O–H groups in total. The Kier molecular flexibility index (Phi) is 5.90. The lowest BCUT2D eigenvalue weighted by Gasteiger charge is -2.13. The predicted molar refractivity (Wildman–Crippen MR) is 107 cm³/mol. The number of nitriles is 1. The molecule has 0 radical (unpaired) electrons. The van der Waals surface area contributed by atoms with Crippen molar-refractivity contribution in [1.82, 2.24) is 0 Å². The number of anilines is 2. The summed E-state index contributed by atoms with van der Waals surface area (Å²) in [5.41, 5.74) is 1.02. The van der Waals surface area contributed by atoms with Crippen LogP contribution in [0.15, 0.2) is 71.1 Å². The molecule has 2 unspecified atom stereocenters. The zero-order valence-corrected chi connectivity index (χ0v) is 15.5. The Hall–Kier alpha value is -4.12. The Bertz CT molecular complexity index is 1010. The molecule has 2 aromatic carbocycles. The van der Waals surface area contributed by atoms with Gasteiger partial charge in [0.2, 0.25) is 0 Å². The molecule has 2 atom stereocenters. The largest absolute Gasteiger partial charge is 0.510 e. The van der Waals surface area contributed by atoms with E-state index in [1.165, 1.54) is 18.3 Å². The molecule has 2 amide bonds. The summed E-state index contributed by atoms with van der Waals surface area (Å²) in [6.45, 7) is 1.67. The van der Waals surface area contributed by atoms with Gasteiger partial charge in [0.15, 0.2) is 5.57 Å². The summed E-state index contributed by atoms with van der Waals surface area (Å²) in [4.78, 5) is 29.6. The van der Waals surface area contributed by atoms with E-state index in [0.717, 1.165) is 0 Å². The van der Waals surface area contributed by atoms with Crippen LogP contribution in [-0.2, 0) is 9.63 Å². The third-order valence-electron chi connectivity index (χ3n) is 4.30. The van der Waals surface area contributed by atoms with Crippen LogP contribution in [0.3, 0.4) is 0 Å². The molecule has 2 aromatic rings. The fourth-order valence-corrected chi connectivity index (χ4v) is 2.69. The average Bonchev–Trinajstić information content (AvgIpc) is 3.15. The second kappa shape index (κ2) is 8.71. The normalized spacial score (nSPS) is 18.2. The number of para-hydroxylation sites is 1. The highest BCUT2D eigenvalue weighted by atomic mass is 16.6. The molecular weight excluding hydrogens is 372 g/mol. The summed E-state index contributed by atoms with van der Waals surface area (Å²) in [6, 6.07) is 16.9. The Labute approximate surface area is 167 Å². The van der Waals surface area contributed by atoms with E-state index in [0.29, 0.717) is 16.9 Å². The quantitative estimate of drug-likeness (QED) is 0.411. The van der Waals surface area contributed by atoms with Crippen molar-refractivity contribution >= 4 is 29.4 Å². The van der Waals surface area contributed by atoms with Gasteiger partial charge in [-0.05, 0) is 43.3 Å². The van der Waals surface area contributed by atoms with E-state index in [-0.39, 0.29) is 5.91 Å². The first-order valence-corrected chi connectivity index (χ1v) is 8.80. The van der Waals surface area contributed by atoms with Crippen molar-refractivity contribution in [3.63, 3.8) is 0 Å². The highest BCUT2D eigenvalue weighted by molar-refractivity contribution is 6.08. The number of nitrogens with one attached hydrogen (secondary N) is 2. The third kappa shape index (κ3) is 4.59. The molecule has 0 aliphatic carbocycles. The summed E-state index contributed by atoms with van der Waals surface area (Å²) in [7, 11) is 0. The molecule has 0 aromatic heterocycles. The minimum atomic E-state index is -0.765. The summed E-state index contributed by atoms with van der Waals surface area (Å²) in [5, 5.41) is 28.4. The van der Waals surface area contributed by atoms with Gasteiger partial charge in [-0.25, -0.2) is 0 Å². The lowest BCUT2D eigenvalue weighted by Crippen LogP contribution is -2.22. The zero-order chi connectivity index (χ0) is 20.8. The number of aliphatic hydroxyl groups is 1. The van der Waals surface area contributed by atoms with Crippen molar-refractivity contribution in [2.75, 3.05) is 10.6 Å². The summed E-state index contributed by atoms with van der Waals surface area (Å²) >= 11 is 0. The van der Waals surface area contributed by atoms with Crippen molar-refractivity contribution in [1.29, 1.82) is 5.26 Å². The average molecular weight is 390 g/mol. The minimum absolute atomic E-state index is 0.293. The highest BCUT2D eigenvalue weighted by Gasteiger charge is 2.30. The second-order valence-corrected chi connectivity index (χ2v) is 6.31. The van der Waals surface area contributed by atoms with Crippen LogP contribution in [0.4, 0.5) is 11.4 Å². The van der Waals surface area contributed by atoms with Crippen molar-refractivity contribution < 1.29 is 19.5 Å². The highest BCUT2D eigenvalue weighted by Crippen LogP contribution is 2.23. The van der Waals surface area contributed by atoms with Crippen LogP contribution in [0.25, 0.3) is 0 Å². The number of benzene rings is 2. The Balaban J connectivity index is 1.68. The van der Waals surface area contributed by atoms with E-state index in [1.54, 1.807) is 37.3 Å². The van der Waals surface area contributed by atoms with Gasteiger partial charge in [0.1, 0.15) is 17.9 Å². The van der Waals surface area contributed by atoms with E-state index in [1.807, 2.05) is 18.2 Å². The van der Waals surface area contributed by atoms with E-state index >= 15 is 0 Å². The van der Waals surface area contributed by atoms with Gasteiger partial charge < -0.3 is 20.6 Å². The Morgan fingerprint density at radius 2 is 1.72 bits per heavy atom. The lowest BCUT2D eigenvalue weighted by molar-refractivity contribution is -0.112. The van der Waals surface area contributed by atoms with Gasteiger partial charge in [-0.1, -0.05) is 23.4 Å². The first-order chi connectivity index (χ1) is 14.0. The van der Waals surface area contributed by atoms with Gasteiger partial charge in [-0.2, -0.15) is 5.26 Å². The topological polar surface area (TPSA) is 124 Å². The third-order valence-corrected chi connectivity index (χ3v) is 4.30. The van der Waals surface area contributed by atoms with Crippen molar-refractivity contribution in [3.8, 4) is 6.07 Å². The minimum Gasteiger partial charge on any atom is -0.510 e. The van der Waals surface area contributed by atoms with Crippen molar-refractivity contribution in [2.45, 2.75) is 13.0 Å². The summed E-state index contributed by atoms with van der Waals surface area (Å²) in [5.74, 6) is -2.13. The number of aliphatic hydroxyl groups excluding tert-OH is 1. The molecule has 146 valence electrons. The molecule has 0 saturated carbocycles. The maximum absolute atomic E-state index is 12.4. The van der Waals surface area contributed by atoms with Gasteiger partial charge in [0, 0.05) is 16.9 Å². The van der Waals surface area contributed by atoms with Gasteiger partial charge in [0.25, 0.3) is 11.8 Å². The van der Waals surface area contributed by atoms with Gasteiger partial charge in [-0.3, -0.25) is 9.59 Å². The summed E-state index contributed by atoms with van der Waals surface area (Å²) in [6.07, 6.45) is 0.860. The van der Waals surface area contributed by atoms with Crippen molar-refractivity contribution in [2.24, 2.45) is 11.1 Å². The number of hydrogen-bond donors (Lipinski definition) is 3. The van der Waals surface area contributed by atoms with Crippen LogP contribution in [0.2, 0.25) is 0 Å². The standard InChI is InChI=1S/C21H18N4O4/c1-13-18(12-23-29-13)19(26)17(11-22)21(28)25-16-9-7-14(8-10-16)20(27)24-15-5-3-2-4-6-15/h2-10,12-13,18,26H,1H3,(H,24,27)(H,25,28)/b19-17-. The second-order valence-electron chi connectivity index (χ2n) is 6.31. The van der Waals surface area contributed by atoms with E-state index < -0.39 is 29.3 Å². The van der Waals surface area contributed by atoms with Crippen LogP contribution < -0.4 is 10.6 Å². The van der Waals surface area contributed by atoms with Gasteiger partial charge >= 0.3 is 0 Å². The maximum Gasteiger partial charge on any atom is 0.269 e. The van der Waals surface area contributed by atoms with Crippen LogP contribution >= 0.6 is 0 Å². The number of rotatable bonds is 5. The first kappa shape index (κ1) is 19.6. The number of carbonyl (C=O) groups excluding carboxylic acids is 2. The lowest BCUT2D eigenvalue weighted by atomic mass is 9.99. The smallest absolute Gasteiger partial charge is 0.269 e. The van der Waals surface area contributed by atoms with E-state index in [2.05, 4.69) is 15.8 Å². The number of amides is 2. The first-order valence-electron chi connectivity index (χ1n) is 8.80. The molecule has 8 nitrogen and oxygen atoms in total. The fraction of sp³-hybridized carbons (Fsp3) is 0.143. The van der Waals surface area contributed by atoms with Crippen LogP contribution in [-0.4, -0.2) is 29.2 Å². The summed E-state index contributed by atoms with van der Waals surface area (Å²) < 4.78 is 0. The van der Waals surface area contributed by atoms with Gasteiger partial charge in [-0.15, -0.1) is 0 Å². The number of hydrogen-bond acceptors (Lipinski definition) is 6. The van der Waals surface area contributed by atoms with E-state index in [4.69, 9.17) is 4.84 Å². The molecule has 0 bridgehead atoms. The molecule has 0 spiro atoms. The molecule has 0 saturated heterocycles. The van der Waals surface area contributed by atoms with Crippen LogP contribution in [0.5, 0.6) is 0 Å². The molecule has 29 heavy (non-hydrogen) atoms. The Morgan fingerprint density at radius 3 is 2.31 bits per heavy atom. The van der Waals surface area contributed by atoms with Crippen LogP contribution in [0, 0.1) is 17.2 Å². The van der Waals surface area contributed by atoms with Gasteiger partial charge in [0.05, 0.1) is 12.1 Å². The van der Waals surface area contributed by atoms with E-state index in [9.17, 15) is 20.0 Å². The zero-order valence-electron chi connectivity index (χ0n) is 15.5. The number of carbonyl (C=O) groups is 2. The number of oxime groups is 1. The number of nitrogens with zero attached hydrogens (tertiary/aromatic N) is 2. The molecule has 8 heteroatoms. The van der Waals surface area contributed by atoms with Crippen LogP contribution in [0.1, 0.15) is 17.3 Å². The monoisotopic (exact) mass is 390 g/mol. The predicted octanol–water partition coefficient (Wildman–Crippen LogP) is 3.23. The molecule has 1 aliphatic rings. The SMILES string of the molecule is CC1ON=CC1/C(O)=C(\C#N)C(=O)Nc1ccc(C(=O)Nc2ccccc2)cc1. The maximum atomic E-state index is 12.4. The molecule has 1 heterocycles. The molecule has 0 fully saturated rings. The fourth-order valence-electron chi connectivity index (χ4n) is 2.69. The molecular formula is C21H18N4O4. The van der Waals surface area contributed by atoms with Crippen molar-refractivity contribution in [3.05, 3.63) is 71.5 Å². The molecule has 1 aliphatic heterocycles.